The summed E-state index contributed by atoms with van der Waals surface area (Å²) in [7, 11) is 1.59. The zero-order valence-corrected chi connectivity index (χ0v) is 17.2. The average Bonchev–Trinajstić information content (AvgIpc) is 3.13. The number of nitrogens with zero attached hydrogens (tertiary/aromatic N) is 2. The lowest BCUT2D eigenvalue weighted by Crippen LogP contribution is -2.13. The van der Waals surface area contributed by atoms with E-state index in [0.29, 0.717) is 21.6 Å². The molecule has 3 aromatic rings. The molecule has 3 rings (SSSR count). The van der Waals surface area contributed by atoms with Crippen molar-refractivity contribution in [3.05, 3.63) is 64.1 Å². The smallest absolute Gasteiger partial charge is 0.203 e. The van der Waals surface area contributed by atoms with E-state index < -0.39 is 0 Å². The molecule has 2 aromatic carbocycles. The van der Waals surface area contributed by atoms with Gasteiger partial charge in [-0.1, -0.05) is 42.1 Å². The third-order valence-electron chi connectivity index (χ3n) is 3.49. The Morgan fingerprint density at radius 3 is 2.81 bits per heavy atom. The monoisotopic (exact) mass is 449 g/mol. The summed E-state index contributed by atoms with van der Waals surface area (Å²) in [5.41, 5.74) is 1.83. The summed E-state index contributed by atoms with van der Waals surface area (Å²) in [5, 5.41) is 4.39. The third-order valence-corrected chi connectivity index (χ3v) is 5.82. The lowest BCUT2D eigenvalue weighted by Gasteiger charge is -2.06. The Bertz CT molecular complexity index is 887. The molecule has 5 nitrogen and oxygen atoms in total. The average molecular weight is 450 g/mol. The predicted octanol–water partition coefficient (Wildman–Crippen LogP) is 4.90. The number of ether oxygens (including phenoxy) is 1. The maximum Gasteiger partial charge on any atom is 0.203 e. The van der Waals surface area contributed by atoms with Crippen molar-refractivity contribution in [2.75, 3.05) is 19.0 Å². The Morgan fingerprint density at radius 1 is 1.27 bits per heavy atom. The molecular weight excluding hydrogens is 434 g/mol. The molecule has 134 valence electrons. The second-order valence-corrected chi connectivity index (χ2v) is 7.83. The van der Waals surface area contributed by atoms with E-state index in [0.717, 1.165) is 10.2 Å². The van der Waals surface area contributed by atoms with Gasteiger partial charge in [-0.25, -0.2) is 0 Å². The van der Waals surface area contributed by atoms with Gasteiger partial charge in [-0.15, -0.1) is 0 Å². The first-order chi connectivity index (χ1) is 12.7. The van der Waals surface area contributed by atoms with Crippen molar-refractivity contribution in [2.24, 2.45) is 0 Å². The van der Waals surface area contributed by atoms with E-state index in [1.54, 1.807) is 37.1 Å². The molecule has 0 bridgehead atoms. The fourth-order valence-electron chi connectivity index (χ4n) is 2.16. The van der Waals surface area contributed by atoms with E-state index in [1.165, 1.54) is 17.1 Å². The number of benzene rings is 2. The first-order valence-corrected chi connectivity index (χ1v) is 10.3. The maximum absolute atomic E-state index is 12.3. The number of carbonyl (C=O) groups excluding carboxylic acids is 1. The van der Waals surface area contributed by atoms with Crippen LogP contribution in [0.3, 0.4) is 0 Å². The van der Waals surface area contributed by atoms with Crippen LogP contribution in [-0.2, 0) is 5.75 Å². The van der Waals surface area contributed by atoms with Crippen molar-refractivity contribution < 1.29 is 9.53 Å². The lowest BCUT2D eigenvalue weighted by molar-refractivity contribution is 0.101. The van der Waals surface area contributed by atoms with E-state index in [9.17, 15) is 4.79 Å². The van der Waals surface area contributed by atoms with Gasteiger partial charge >= 0.3 is 0 Å². The second-order valence-electron chi connectivity index (χ2n) is 5.28. The van der Waals surface area contributed by atoms with Gasteiger partial charge in [0.1, 0.15) is 5.75 Å². The minimum Gasteiger partial charge on any atom is -0.496 e. The predicted molar refractivity (Wildman–Crippen MR) is 109 cm³/mol. The number of hydrogen-bond donors (Lipinski definition) is 1. The van der Waals surface area contributed by atoms with Crippen molar-refractivity contribution in [3.8, 4) is 5.75 Å². The van der Waals surface area contributed by atoms with Gasteiger partial charge in [0.15, 0.2) is 5.78 Å². The molecular formula is C18H16BrN3O2S2. The number of carbonyl (C=O) groups is 1. The number of aromatic nitrogens is 2. The van der Waals surface area contributed by atoms with Crippen LogP contribution in [0, 0.1) is 0 Å². The van der Waals surface area contributed by atoms with Gasteiger partial charge in [-0.05, 0) is 39.7 Å². The lowest BCUT2D eigenvalue weighted by atomic mass is 10.1. The van der Waals surface area contributed by atoms with Gasteiger partial charge in [0.05, 0.1) is 18.1 Å². The van der Waals surface area contributed by atoms with E-state index in [2.05, 4.69) is 42.7 Å². The maximum atomic E-state index is 12.3. The Kier molecular flexibility index (Phi) is 6.65. The SMILES string of the molecule is COc1ccc(C(=O)CNc2nc(SCc3ccccc3)ns2)cc1Br. The fraction of sp³-hybridized carbons (Fsp3) is 0.167. The summed E-state index contributed by atoms with van der Waals surface area (Å²) >= 11 is 6.22. The number of halogens is 1. The van der Waals surface area contributed by atoms with Crippen molar-refractivity contribution in [1.82, 2.24) is 9.36 Å². The Hall–Kier alpha value is -1.90. The largest absolute Gasteiger partial charge is 0.496 e. The van der Waals surface area contributed by atoms with Gasteiger partial charge in [-0.3, -0.25) is 4.79 Å². The van der Waals surface area contributed by atoms with Crippen molar-refractivity contribution in [2.45, 2.75) is 10.9 Å². The highest BCUT2D eigenvalue weighted by molar-refractivity contribution is 9.10. The molecule has 1 aromatic heterocycles. The molecule has 0 saturated heterocycles. The Labute approximate surface area is 168 Å². The molecule has 0 unspecified atom stereocenters. The minimum absolute atomic E-state index is 0.0259. The molecule has 1 heterocycles. The second kappa shape index (κ2) is 9.16. The normalized spacial score (nSPS) is 10.5. The zero-order valence-electron chi connectivity index (χ0n) is 13.9. The summed E-state index contributed by atoms with van der Waals surface area (Å²) in [6.45, 7) is 0.163. The van der Waals surface area contributed by atoms with Gasteiger partial charge in [0, 0.05) is 22.8 Å². The molecule has 0 fully saturated rings. The molecule has 0 aliphatic heterocycles. The summed E-state index contributed by atoms with van der Waals surface area (Å²) < 4.78 is 10.2. The van der Waals surface area contributed by atoms with Crippen LogP contribution in [0.4, 0.5) is 5.13 Å². The molecule has 0 spiro atoms. The molecule has 0 atom stereocenters. The number of nitrogens with one attached hydrogen (secondary N) is 1. The highest BCUT2D eigenvalue weighted by Crippen LogP contribution is 2.26. The molecule has 0 amide bonds. The Balaban J connectivity index is 1.52. The standard InChI is InChI=1S/C18H16BrN3O2S2/c1-24-16-8-7-13(9-14(16)19)15(23)10-20-17-21-18(22-26-17)25-11-12-5-3-2-4-6-12/h2-9H,10-11H2,1H3,(H,20,21,22). The van der Waals surface area contributed by atoms with Gasteiger partial charge in [-0.2, -0.15) is 9.36 Å². The first kappa shape index (κ1) is 18.9. The first-order valence-electron chi connectivity index (χ1n) is 7.77. The number of Topliss-reactive ketones (excluding diaryl/α,β-unsaturated/α-hetero) is 1. The molecule has 0 saturated carbocycles. The van der Waals surface area contributed by atoms with E-state index in [-0.39, 0.29) is 12.3 Å². The summed E-state index contributed by atoms with van der Waals surface area (Å²) in [5.74, 6) is 1.48. The van der Waals surface area contributed by atoms with Crippen LogP contribution < -0.4 is 10.1 Å². The van der Waals surface area contributed by atoms with Gasteiger partial charge in [0.25, 0.3) is 0 Å². The number of ketones is 1. The quantitative estimate of drug-likeness (QED) is 0.389. The highest BCUT2D eigenvalue weighted by Gasteiger charge is 2.11. The molecule has 26 heavy (non-hydrogen) atoms. The van der Waals surface area contributed by atoms with Gasteiger partial charge < -0.3 is 10.1 Å². The molecule has 0 radical (unpaired) electrons. The number of hydrogen-bond acceptors (Lipinski definition) is 7. The number of thioether (sulfide) groups is 1. The number of anilines is 1. The van der Waals surface area contributed by atoms with Crippen LogP contribution >= 0.6 is 39.2 Å². The fourth-order valence-corrected chi connectivity index (χ4v) is 4.19. The van der Waals surface area contributed by atoms with Crippen molar-refractivity contribution in [3.63, 3.8) is 0 Å². The third kappa shape index (κ3) is 5.06. The Morgan fingerprint density at radius 2 is 2.08 bits per heavy atom. The van der Waals surface area contributed by atoms with Crippen LogP contribution in [0.15, 0.2) is 58.2 Å². The van der Waals surface area contributed by atoms with E-state index >= 15 is 0 Å². The zero-order chi connectivity index (χ0) is 18.4. The van der Waals surface area contributed by atoms with E-state index in [1.807, 2.05) is 18.2 Å². The summed E-state index contributed by atoms with van der Waals surface area (Å²) in [4.78, 5) is 16.7. The van der Waals surface area contributed by atoms with Crippen LogP contribution in [0.1, 0.15) is 15.9 Å². The number of rotatable bonds is 8. The molecule has 1 N–H and O–H groups in total. The molecule has 0 aliphatic rings. The van der Waals surface area contributed by atoms with Crippen LogP contribution in [0.25, 0.3) is 0 Å². The highest BCUT2D eigenvalue weighted by atomic mass is 79.9. The summed E-state index contributed by atoms with van der Waals surface area (Å²) in [6, 6.07) is 15.4. The van der Waals surface area contributed by atoms with Crippen molar-refractivity contribution >= 4 is 50.1 Å². The minimum atomic E-state index is -0.0259. The van der Waals surface area contributed by atoms with Crippen LogP contribution in [-0.4, -0.2) is 28.8 Å². The van der Waals surface area contributed by atoms with Crippen LogP contribution in [0.5, 0.6) is 5.75 Å². The number of methoxy groups -OCH3 is 1. The van der Waals surface area contributed by atoms with Crippen LogP contribution in [0.2, 0.25) is 0 Å². The molecule has 8 heteroatoms. The van der Waals surface area contributed by atoms with E-state index in [4.69, 9.17) is 4.74 Å². The molecule has 0 aliphatic carbocycles. The topological polar surface area (TPSA) is 64.1 Å². The van der Waals surface area contributed by atoms with Crippen molar-refractivity contribution in [1.29, 1.82) is 0 Å². The van der Waals surface area contributed by atoms with Gasteiger partial charge in [0.2, 0.25) is 10.3 Å². The summed E-state index contributed by atoms with van der Waals surface area (Å²) in [6.07, 6.45) is 0.